The molecule has 0 fully saturated rings. The van der Waals surface area contributed by atoms with Crippen LogP contribution >= 0.6 is 0 Å². The highest BCUT2D eigenvalue weighted by molar-refractivity contribution is 5.76. The number of aryl methyl sites for hydroxylation is 1. The molecule has 0 unspecified atom stereocenters. The van der Waals surface area contributed by atoms with Gasteiger partial charge in [-0.25, -0.2) is 4.79 Å². The van der Waals surface area contributed by atoms with Gasteiger partial charge in [-0.05, 0) is 6.92 Å². The lowest BCUT2D eigenvalue weighted by Gasteiger charge is -2.04. The van der Waals surface area contributed by atoms with Crippen LogP contribution in [0.15, 0.2) is 50.5 Å². The van der Waals surface area contributed by atoms with Crippen LogP contribution in [0.4, 0.5) is 0 Å². The maximum atomic E-state index is 12.6. The SMILES string of the molecule is CCn1c(=O)c2c(nc3oc(-c4ccccc4)cn32)n(C)c1=O. The third kappa shape index (κ3) is 1.79. The molecule has 0 aliphatic heterocycles. The summed E-state index contributed by atoms with van der Waals surface area (Å²) < 4.78 is 9.91. The van der Waals surface area contributed by atoms with Gasteiger partial charge in [0.2, 0.25) is 0 Å². The number of aromatic nitrogens is 4. The van der Waals surface area contributed by atoms with E-state index in [0.717, 1.165) is 5.56 Å². The summed E-state index contributed by atoms with van der Waals surface area (Å²) in [6.07, 6.45) is 1.73. The highest BCUT2D eigenvalue weighted by Crippen LogP contribution is 2.24. The molecule has 116 valence electrons. The van der Waals surface area contributed by atoms with Crippen LogP contribution in [0, 0.1) is 0 Å². The molecule has 3 aromatic heterocycles. The van der Waals surface area contributed by atoms with Crippen LogP contribution in [0.25, 0.3) is 28.3 Å². The van der Waals surface area contributed by atoms with Crippen molar-refractivity contribution in [2.75, 3.05) is 0 Å². The Labute approximate surface area is 130 Å². The van der Waals surface area contributed by atoms with Crippen LogP contribution in [-0.2, 0) is 13.6 Å². The van der Waals surface area contributed by atoms with Crippen LogP contribution in [-0.4, -0.2) is 18.5 Å². The molecule has 4 rings (SSSR count). The standard InChI is InChI=1S/C16H14N4O3/c1-3-19-14(21)12-13(18(2)16(19)22)17-15-20(12)9-11(23-15)10-7-5-4-6-8-10/h4-9H,3H2,1-2H3. The number of oxazole rings is 1. The predicted octanol–water partition coefficient (Wildman–Crippen LogP) is 1.63. The molecule has 0 atom stereocenters. The highest BCUT2D eigenvalue weighted by Gasteiger charge is 2.19. The number of hydrogen-bond donors (Lipinski definition) is 0. The second-order valence-corrected chi connectivity index (χ2v) is 5.29. The van der Waals surface area contributed by atoms with Crippen LogP contribution < -0.4 is 11.2 Å². The third-order valence-corrected chi connectivity index (χ3v) is 3.97. The van der Waals surface area contributed by atoms with Gasteiger partial charge in [-0.1, -0.05) is 30.3 Å². The zero-order chi connectivity index (χ0) is 16.1. The number of rotatable bonds is 2. The minimum Gasteiger partial charge on any atom is -0.423 e. The van der Waals surface area contributed by atoms with Gasteiger partial charge in [0.1, 0.15) is 0 Å². The second kappa shape index (κ2) is 4.70. The fourth-order valence-corrected chi connectivity index (χ4v) is 2.77. The van der Waals surface area contributed by atoms with Crippen molar-refractivity contribution < 1.29 is 4.42 Å². The minimum absolute atomic E-state index is 0.291. The van der Waals surface area contributed by atoms with Gasteiger partial charge in [0, 0.05) is 19.2 Å². The zero-order valence-corrected chi connectivity index (χ0v) is 12.7. The van der Waals surface area contributed by atoms with Crippen LogP contribution in [0.2, 0.25) is 0 Å². The predicted molar refractivity (Wildman–Crippen MR) is 85.6 cm³/mol. The normalized spacial score (nSPS) is 11.6. The van der Waals surface area contributed by atoms with Crippen molar-refractivity contribution in [2.24, 2.45) is 7.05 Å². The van der Waals surface area contributed by atoms with E-state index in [-0.39, 0.29) is 11.2 Å². The molecular weight excluding hydrogens is 296 g/mol. The van der Waals surface area contributed by atoms with Gasteiger partial charge in [-0.15, -0.1) is 0 Å². The molecule has 7 nitrogen and oxygen atoms in total. The van der Waals surface area contributed by atoms with Crippen LogP contribution in [0.5, 0.6) is 0 Å². The number of hydrogen-bond acceptors (Lipinski definition) is 4. The first-order valence-corrected chi connectivity index (χ1v) is 7.28. The monoisotopic (exact) mass is 310 g/mol. The van der Waals surface area contributed by atoms with Crippen molar-refractivity contribution >= 4 is 17.0 Å². The van der Waals surface area contributed by atoms with Gasteiger partial charge in [0.25, 0.3) is 5.56 Å². The van der Waals surface area contributed by atoms with Gasteiger partial charge in [-0.2, -0.15) is 4.98 Å². The van der Waals surface area contributed by atoms with E-state index in [4.69, 9.17) is 4.42 Å². The van der Waals surface area contributed by atoms with Gasteiger partial charge in [0.05, 0.1) is 6.20 Å². The van der Waals surface area contributed by atoms with E-state index in [1.165, 1.54) is 9.13 Å². The molecule has 0 spiro atoms. The number of imidazole rings is 1. The molecule has 0 aliphatic carbocycles. The molecule has 0 bridgehead atoms. The molecule has 1 aromatic carbocycles. The molecule has 0 saturated heterocycles. The highest BCUT2D eigenvalue weighted by atomic mass is 16.4. The summed E-state index contributed by atoms with van der Waals surface area (Å²) in [5.41, 5.74) is 0.817. The van der Waals surface area contributed by atoms with Crippen molar-refractivity contribution in [1.29, 1.82) is 0 Å². The lowest BCUT2D eigenvalue weighted by atomic mass is 10.2. The van der Waals surface area contributed by atoms with E-state index in [1.807, 2.05) is 30.3 Å². The average Bonchev–Trinajstić information content (AvgIpc) is 3.12. The molecule has 3 heterocycles. The van der Waals surface area contributed by atoms with Crippen molar-refractivity contribution in [2.45, 2.75) is 13.5 Å². The summed E-state index contributed by atoms with van der Waals surface area (Å²) in [4.78, 5) is 29.1. The van der Waals surface area contributed by atoms with Crippen molar-refractivity contribution in [1.82, 2.24) is 18.5 Å². The van der Waals surface area contributed by atoms with Gasteiger partial charge >= 0.3 is 11.5 Å². The quantitative estimate of drug-likeness (QED) is 0.564. The van der Waals surface area contributed by atoms with E-state index in [0.29, 0.717) is 29.3 Å². The summed E-state index contributed by atoms with van der Waals surface area (Å²) in [6.45, 7) is 2.07. The maximum absolute atomic E-state index is 12.6. The van der Waals surface area contributed by atoms with E-state index in [9.17, 15) is 9.59 Å². The molecule has 23 heavy (non-hydrogen) atoms. The van der Waals surface area contributed by atoms with Gasteiger partial charge in [0.15, 0.2) is 16.9 Å². The molecular formula is C16H14N4O3. The first kappa shape index (κ1) is 13.6. The Morgan fingerprint density at radius 1 is 1.17 bits per heavy atom. The van der Waals surface area contributed by atoms with E-state index in [2.05, 4.69) is 4.98 Å². The summed E-state index contributed by atoms with van der Waals surface area (Å²) in [5, 5.41) is 0. The molecule has 4 aromatic rings. The Balaban J connectivity index is 2.11. The summed E-state index contributed by atoms with van der Waals surface area (Å²) in [7, 11) is 1.60. The Morgan fingerprint density at radius 3 is 2.61 bits per heavy atom. The topological polar surface area (TPSA) is 74.4 Å². The Hall–Kier alpha value is -3.09. The van der Waals surface area contributed by atoms with Crippen molar-refractivity contribution in [3.8, 4) is 11.3 Å². The first-order chi connectivity index (χ1) is 11.1. The number of fused-ring (bicyclic) bond motifs is 3. The Morgan fingerprint density at radius 2 is 1.91 bits per heavy atom. The fraction of sp³-hybridized carbons (Fsp3) is 0.188. The molecule has 7 heteroatoms. The van der Waals surface area contributed by atoms with E-state index >= 15 is 0 Å². The largest absolute Gasteiger partial charge is 0.423 e. The van der Waals surface area contributed by atoms with Crippen LogP contribution in [0.3, 0.4) is 0 Å². The lowest BCUT2D eigenvalue weighted by molar-refractivity contribution is 0.610. The minimum atomic E-state index is -0.381. The molecule has 0 aliphatic rings. The van der Waals surface area contributed by atoms with Crippen molar-refractivity contribution in [3.05, 3.63) is 57.4 Å². The third-order valence-electron chi connectivity index (χ3n) is 3.97. The van der Waals surface area contributed by atoms with Gasteiger partial charge < -0.3 is 4.42 Å². The van der Waals surface area contributed by atoms with Crippen molar-refractivity contribution in [3.63, 3.8) is 0 Å². The maximum Gasteiger partial charge on any atom is 0.332 e. The number of benzene rings is 1. The second-order valence-electron chi connectivity index (χ2n) is 5.29. The average molecular weight is 310 g/mol. The molecule has 0 radical (unpaired) electrons. The smallest absolute Gasteiger partial charge is 0.332 e. The summed E-state index contributed by atoms with van der Waals surface area (Å²) >= 11 is 0. The number of nitrogens with zero attached hydrogens (tertiary/aromatic N) is 4. The fourth-order valence-electron chi connectivity index (χ4n) is 2.77. The van der Waals surface area contributed by atoms with Gasteiger partial charge in [-0.3, -0.25) is 18.3 Å². The van der Waals surface area contributed by atoms with E-state index in [1.54, 1.807) is 24.6 Å². The first-order valence-electron chi connectivity index (χ1n) is 7.28. The Kier molecular flexibility index (Phi) is 2.77. The Bertz CT molecular complexity index is 1150. The lowest BCUT2D eigenvalue weighted by Crippen LogP contribution is -2.38. The van der Waals surface area contributed by atoms with E-state index < -0.39 is 0 Å². The summed E-state index contributed by atoms with van der Waals surface area (Å²) in [5.74, 6) is 0.908. The molecule has 0 amide bonds. The zero-order valence-electron chi connectivity index (χ0n) is 12.7. The molecule has 0 saturated carbocycles. The summed E-state index contributed by atoms with van der Waals surface area (Å²) in [6, 6.07) is 9.57. The van der Waals surface area contributed by atoms with Crippen LogP contribution in [0.1, 0.15) is 6.92 Å². The molecule has 0 N–H and O–H groups in total.